The topological polar surface area (TPSA) is 110 Å². The summed E-state index contributed by atoms with van der Waals surface area (Å²) in [5.41, 5.74) is 8.92. The fraction of sp³-hybridized carbons (Fsp3) is 0.263. The maximum atomic E-state index is 5.90. The van der Waals surface area contributed by atoms with Crippen LogP contribution in [-0.2, 0) is 6.54 Å². The first-order chi connectivity index (χ1) is 13.3. The Kier molecular flexibility index (Phi) is 3.83. The summed E-state index contributed by atoms with van der Waals surface area (Å²) in [6.45, 7) is 1.83. The van der Waals surface area contributed by atoms with E-state index < -0.39 is 0 Å². The Morgan fingerprint density at radius 3 is 3.15 bits per heavy atom. The van der Waals surface area contributed by atoms with Gasteiger partial charge >= 0.3 is 0 Å². The van der Waals surface area contributed by atoms with Crippen LogP contribution in [0.15, 0.2) is 47.5 Å². The Bertz CT molecular complexity index is 1090. The number of nitrogens with one attached hydrogen (secondary N) is 1. The molecule has 1 aliphatic rings. The Balaban J connectivity index is 1.41. The van der Waals surface area contributed by atoms with Crippen LogP contribution in [0.4, 0.5) is 5.82 Å². The van der Waals surface area contributed by atoms with Crippen LogP contribution in [-0.4, -0.2) is 36.5 Å². The maximum Gasteiger partial charge on any atom is 0.244 e. The minimum absolute atomic E-state index is 0.103. The van der Waals surface area contributed by atoms with Crippen molar-refractivity contribution in [3.05, 3.63) is 54.4 Å². The molecule has 0 saturated carbocycles. The average Bonchev–Trinajstić information content (AvgIpc) is 3.42. The van der Waals surface area contributed by atoms with E-state index in [1.54, 1.807) is 6.20 Å². The van der Waals surface area contributed by atoms with Crippen LogP contribution >= 0.6 is 0 Å². The van der Waals surface area contributed by atoms with Gasteiger partial charge in [-0.3, -0.25) is 4.90 Å². The molecule has 4 heterocycles. The molecule has 3 aromatic heterocycles. The van der Waals surface area contributed by atoms with Gasteiger partial charge in [0, 0.05) is 29.8 Å². The van der Waals surface area contributed by atoms with Crippen LogP contribution in [0.2, 0.25) is 0 Å². The highest BCUT2D eigenvalue weighted by atomic mass is 16.5. The predicted octanol–water partition coefficient (Wildman–Crippen LogP) is 2.93. The van der Waals surface area contributed by atoms with Gasteiger partial charge in [-0.2, -0.15) is 4.98 Å². The second kappa shape index (κ2) is 6.48. The zero-order chi connectivity index (χ0) is 18.2. The van der Waals surface area contributed by atoms with Crippen LogP contribution in [0.5, 0.6) is 0 Å². The van der Waals surface area contributed by atoms with Crippen molar-refractivity contribution in [1.82, 2.24) is 30.0 Å². The fourth-order valence-corrected chi connectivity index (χ4v) is 3.77. The molecule has 0 amide bonds. The van der Waals surface area contributed by atoms with Gasteiger partial charge in [0.2, 0.25) is 11.7 Å². The lowest BCUT2D eigenvalue weighted by molar-refractivity contribution is 0.202. The molecular formula is C19H19N7O. The van der Waals surface area contributed by atoms with E-state index in [2.05, 4.69) is 54.4 Å². The Morgan fingerprint density at radius 2 is 2.22 bits per heavy atom. The highest BCUT2D eigenvalue weighted by Crippen LogP contribution is 2.34. The standard InChI is InChI=1S/C19H19N7O/c20-17-14(9-21-11-23-17)18-24-19(27-25-18)16-6-3-7-26(16)10-12-8-22-15-5-2-1-4-13(12)15/h1-2,4-5,8-9,11,16,22H,3,6-7,10H2,(H2,20,21,23)/t16-/m0/s1. The number of nitrogens with zero attached hydrogens (tertiary/aromatic N) is 5. The van der Waals surface area contributed by atoms with Crippen molar-refractivity contribution < 1.29 is 4.52 Å². The zero-order valence-corrected chi connectivity index (χ0v) is 14.7. The summed E-state index contributed by atoms with van der Waals surface area (Å²) in [5, 5.41) is 5.35. The number of H-pyrrole nitrogens is 1. The van der Waals surface area contributed by atoms with E-state index in [4.69, 9.17) is 10.3 Å². The molecule has 5 rings (SSSR count). The number of aromatic amines is 1. The van der Waals surface area contributed by atoms with Crippen molar-refractivity contribution in [1.29, 1.82) is 0 Å². The lowest BCUT2D eigenvalue weighted by atomic mass is 10.1. The molecule has 0 radical (unpaired) electrons. The van der Waals surface area contributed by atoms with Gasteiger partial charge in [0.1, 0.15) is 12.1 Å². The normalized spacial score (nSPS) is 17.7. The van der Waals surface area contributed by atoms with E-state index in [0.29, 0.717) is 23.1 Å². The predicted molar refractivity (Wildman–Crippen MR) is 100 cm³/mol. The third-order valence-corrected chi connectivity index (χ3v) is 5.12. The molecule has 0 bridgehead atoms. The number of benzene rings is 1. The number of hydrogen-bond acceptors (Lipinski definition) is 7. The summed E-state index contributed by atoms with van der Waals surface area (Å²) in [6.07, 6.45) is 7.18. The third-order valence-electron chi connectivity index (χ3n) is 5.12. The Hall–Kier alpha value is -3.26. The number of nitrogens with two attached hydrogens (primary N) is 1. The van der Waals surface area contributed by atoms with Crippen LogP contribution in [0.1, 0.15) is 30.3 Å². The van der Waals surface area contributed by atoms with Crippen molar-refractivity contribution in [3.63, 3.8) is 0 Å². The summed E-state index contributed by atoms with van der Waals surface area (Å²) in [6, 6.07) is 8.45. The summed E-state index contributed by atoms with van der Waals surface area (Å²) < 4.78 is 5.57. The van der Waals surface area contributed by atoms with E-state index in [9.17, 15) is 0 Å². The molecule has 1 aliphatic heterocycles. The number of likely N-dealkylation sites (tertiary alicyclic amines) is 1. The molecule has 3 N–H and O–H groups in total. The number of para-hydroxylation sites is 1. The second-order valence-electron chi connectivity index (χ2n) is 6.77. The van der Waals surface area contributed by atoms with Crippen LogP contribution in [0, 0.1) is 0 Å². The summed E-state index contributed by atoms with van der Waals surface area (Å²) in [7, 11) is 0. The van der Waals surface area contributed by atoms with E-state index in [0.717, 1.165) is 31.4 Å². The SMILES string of the molecule is Nc1ncncc1-c1noc([C@@H]2CCCN2Cc2c[nH]c3ccccc23)n1. The largest absolute Gasteiger partial charge is 0.383 e. The van der Waals surface area contributed by atoms with Crippen molar-refractivity contribution in [2.75, 3.05) is 12.3 Å². The van der Waals surface area contributed by atoms with Crippen LogP contribution in [0.3, 0.4) is 0 Å². The van der Waals surface area contributed by atoms with E-state index in [1.165, 1.54) is 17.3 Å². The van der Waals surface area contributed by atoms with Gasteiger partial charge in [-0.1, -0.05) is 23.4 Å². The maximum absolute atomic E-state index is 5.90. The molecule has 0 aliphatic carbocycles. The van der Waals surface area contributed by atoms with Crippen LogP contribution in [0.25, 0.3) is 22.3 Å². The molecular weight excluding hydrogens is 342 g/mol. The average molecular weight is 361 g/mol. The quantitative estimate of drug-likeness (QED) is 0.575. The molecule has 27 heavy (non-hydrogen) atoms. The first-order valence-electron chi connectivity index (χ1n) is 8.98. The molecule has 0 unspecified atom stereocenters. The number of hydrogen-bond donors (Lipinski definition) is 2. The lowest BCUT2D eigenvalue weighted by Crippen LogP contribution is -2.22. The summed E-state index contributed by atoms with van der Waals surface area (Å²) in [4.78, 5) is 18.3. The Morgan fingerprint density at radius 1 is 1.30 bits per heavy atom. The van der Waals surface area contributed by atoms with Crippen molar-refractivity contribution in [3.8, 4) is 11.4 Å². The highest BCUT2D eigenvalue weighted by molar-refractivity contribution is 5.83. The van der Waals surface area contributed by atoms with Gasteiger partial charge in [-0.05, 0) is 31.0 Å². The monoisotopic (exact) mass is 361 g/mol. The number of anilines is 1. The number of fused-ring (bicyclic) bond motifs is 1. The molecule has 1 atom stereocenters. The highest BCUT2D eigenvalue weighted by Gasteiger charge is 2.31. The minimum Gasteiger partial charge on any atom is -0.383 e. The molecule has 1 saturated heterocycles. The zero-order valence-electron chi connectivity index (χ0n) is 14.7. The number of aromatic nitrogens is 5. The summed E-state index contributed by atoms with van der Waals surface area (Å²) in [5.74, 6) is 1.40. The van der Waals surface area contributed by atoms with Gasteiger partial charge in [-0.25, -0.2) is 9.97 Å². The number of rotatable bonds is 4. The molecule has 1 fully saturated rings. The van der Waals surface area contributed by atoms with Gasteiger partial charge in [0.05, 0.1) is 11.6 Å². The lowest BCUT2D eigenvalue weighted by Gasteiger charge is -2.21. The third kappa shape index (κ3) is 2.83. The van der Waals surface area contributed by atoms with Crippen LogP contribution < -0.4 is 5.73 Å². The van der Waals surface area contributed by atoms with Crippen molar-refractivity contribution >= 4 is 16.7 Å². The molecule has 136 valence electrons. The van der Waals surface area contributed by atoms with Crippen molar-refractivity contribution in [2.45, 2.75) is 25.4 Å². The fourth-order valence-electron chi connectivity index (χ4n) is 3.77. The van der Waals surface area contributed by atoms with E-state index in [1.807, 2.05) is 6.07 Å². The second-order valence-corrected chi connectivity index (χ2v) is 6.77. The van der Waals surface area contributed by atoms with E-state index in [-0.39, 0.29) is 6.04 Å². The van der Waals surface area contributed by atoms with Gasteiger partial charge < -0.3 is 15.2 Å². The summed E-state index contributed by atoms with van der Waals surface area (Å²) >= 11 is 0. The van der Waals surface area contributed by atoms with E-state index >= 15 is 0 Å². The van der Waals surface area contributed by atoms with Gasteiger partial charge in [-0.15, -0.1) is 0 Å². The van der Waals surface area contributed by atoms with Crippen molar-refractivity contribution in [2.24, 2.45) is 0 Å². The molecule has 8 nitrogen and oxygen atoms in total. The molecule has 1 aromatic carbocycles. The molecule has 0 spiro atoms. The minimum atomic E-state index is 0.103. The smallest absolute Gasteiger partial charge is 0.244 e. The Labute approximate surface area is 155 Å². The molecule has 8 heteroatoms. The first-order valence-corrected chi connectivity index (χ1v) is 8.98. The first kappa shape index (κ1) is 16.0. The molecule has 4 aromatic rings. The van der Waals surface area contributed by atoms with Gasteiger partial charge in [0.25, 0.3) is 0 Å². The van der Waals surface area contributed by atoms with Gasteiger partial charge in [0.15, 0.2) is 0 Å². The number of nitrogen functional groups attached to an aromatic ring is 1.